The number of aryl methyl sites for hydroxylation is 2. The molecule has 1 aromatic heterocycles. The first-order valence-corrected chi connectivity index (χ1v) is 9.32. The van der Waals surface area contributed by atoms with Gasteiger partial charge in [-0.25, -0.2) is 9.78 Å². The highest BCUT2D eigenvalue weighted by Gasteiger charge is 2.31. The van der Waals surface area contributed by atoms with Gasteiger partial charge in [0.05, 0.1) is 12.5 Å². The Labute approximate surface area is 159 Å². The third-order valence-corrected chi connectivity index (χ3v) is 4.98. The van der Waals surface area contributed by atoms with Crippen LogP contribution in [0, 0.1) is 11.8 Å². The molecule has 7 nitrogen and oxygen atoms in total. The number of nitrogens with zero attached hydrogens (tertiary/aromatic N) is 3. The van der Waals surface area contributed by atoms with E-state index in [9.17, 15) is 14.7 Å². The summed E-state index contributed by atoms with van der Waals surface area (Å²) in [5.41, 5.74) is 1.25. The van der Waals surface area contributed by atoms with Crippen molar-refractivity contribution in [3.63, 3.8) is 0 Å². The van der Waals surface area contributed by atoms with E-state index in [1.54, 1.807) is 11.1 Å². The number of urea groups is 1. The van der Waals surface area contributed by atoms with Gasteiger partial charge in [0, 0.05) is 32.0 Å². The van der Waals surface area contributed by atoms with Crippen molar-refractivity contribution < 1.29 is 14.7 Å². The summed E-state index contributed by atoms with van der Waals surface area (Å²) < 4.78 is 2.03. The second-order valence-corrected chi connectivity index (χ2v) is 7.21. The molecule has 0 bridgehead atoms. The van der Waals surface area contributed by atoms with Gasteiger partial charge in [0.2, 0.25) is 0 Å². The van der Waals surface area contributed by atoms with Gasteiger partial charge in [-0.2, -0.15) is 0 Å². The maximum absolute atomic E-state index is 12.5. The van der Waals surface area contributed by atoms with Crippen LogP contribution in [0.3, 0.4) is 0 Å². The van der Waals surface area contributed by atoms with Crippen molar-refractivity contribution in [3.05, 3.63) is 54.1 Å². The lowest BCUT2D eigenvalue weighted by Crippen LogP contribution is -2.49. The number of piperidine rings is 1. The Morgan fingerprint density at radius 3 is 2.78 bits per heavy atom. The molecule has 2 atom stereocenters. The smallest absolute Gasteiger partial charge is 0.317 e. The average Bonchev–Trinajstić information content (AvgIpc) is 3.12. The number of hydrogen-bond acceptors (Lipinski definition) is 3. The number of likely N-dealkylation sites (tertiary alicyclic amines) is 1. The maximum atomic E-state index is 12.5. The van der Waals surface area contributed by atoms with Crippen LogP contribution in [0.15, 0.2) is 42.7 Å². The van der Waals surface area contributed by atoms with E-state index in [1.807, 2.05) is 35.9 Å². The fourth-order valence-electron chi connectivity index (χ4n) is 3.57. The third-order valence-electron chi connectivity index (χ3n) is 4.98. The molecule has 0 saturated carbocycles. The fraction of sp³-hybridized carbons (Fsp3) is 0.450. The lowest BCUT2D eigenvalue weighted by molar-refractivity contribution is -0.143. The van der Waals surface area contributed by atoms with Crippen molar-refractivity contribution >= 4 is 12.0 Å². The molecule has 2 unspecified atom stereocenters. The molecule has 1 aliphatic rings. The quantitative estimate of drug-likeness (QED) is 0.817. The number of carbonyl (C=O) groups excluding carboxylic acids is 1. The highest BCUT2D eigenvalue weighted by molar-refractivity contribution is 5.76. The van der Waals surface area contributed by atoms with Gasteiger partial charge in [0.25, 0.3) is 0 Å². The van der Waals surface area contributed by atoms with Gasteiger partial charge in [-0.1, -0.05) is 37.3 Å². The average molecular weight is 370 g/mol. The SMILES string of the molecule is CC1CC(C(=O)O)CN(C(=O)NCc2nccn2CCc2ccccc2)C1. The first-order valence-electron chi connectivity index (χ1n) is 9.32. The molecule has 1 fully saturated rings. The van der Waals surface area contributed by atoms with Crippen LogP contribution >= 0.6 is 0 Å². The molecule has 0 spiro atoms. The molecule has 1 aliphatic heterocycles. The van der Waals surface area contributed by atoms with Gasteiger partial charge in [-0.3, -0.25) is 4.79 Å². The largest absolute Gasteiger partial charge is 0.481 e. The number of carboxylic acids is 1. The second kappa shape index (κ2) is 8.70. The number of benzene rings is 1. The Bertz CT molecular complexity index is 775. The Morgan fingerprint density at radius 1 is 1.26 bits per heavy atom. The summed E-state index contributed by atoms with van der Waals surface area (Å²) in [4.78, 5) is 29.7. The first-order chi connectivity index (χ1) is 13.0. The minimum absolute atomic E-state index is 0.179. The Kier molecular flexibility index (Phi) is 6.11. The van der Waals surface area contributed by atoms with Crippen molar-refractivity contribution in [2.24, 2.45) is 11.8 Å². The predicted octanol–water partition coefficient (Wildman–Crippen LogP) is 2.38. The number of imidazole rings is 1. The van der Waals surface area contributed by atoms with E-state index in [0.29, 0.717) is 19.5 Å². The number of hydrogen-bond donors (Lipinski definition) is 2. The Hall–Kier alpha value is -2.83. The summed E-state index contributed by atoms with van der Waals surface area (Å²) in [6, 6.07) is 10.00. The van der Waals surface area contributed by atoms with Crippen molar-refractivity contribution in [2.75, 3.05) is 13.1 Å². The number of aromatic nitrogens is 2. The fourth-order valence-corrected chi connectivity index (χ4v) is 3.57. The van der Waals surface area contributed by atoms with Crippen molar-refractivity contribution in [1.29, 1.82) is 0 Å². The van der Waals surface area contributed by atoms with Crippen LogP contribution in [0.5, 0.6) is 0 Å². The zero-order valence-electron chi connectivity index (χ0n) is 15.5. The summed E-state index contributed by atoms with van der Waals surface area (Å²) in [5.74, 6) is -0.360. The summed E-state index contributed by atoms with van der Waals surface area (Å²) in [6.07, 6.45) is 5.15. The molecule has 2 N–H and O–H groups in total. The van der Waals surface area contributed by atoms with Gasteiger partial charge < -0.3 is 19.9 Å². The Morgan fingerprint density at radius 2 is 2.04 bits per heavy atom. The van der Waals surface area contributed by atoms with Crippen molar-refractivity contribution in [2.45, 2.75) is 32.9 Å². The zero-order chi connectivity index (χ0) is 19.2. The van der Waals surface area contributed by atoms with Crippen LogP contribution in [0.4, 0.5) is 4.79 Å². The first kappa shape index (κ1) is 18.9. The van der Waals surface area contributed by atoms with E-state index in [4.69, 9.17) is 0 Å². The number of carboxylic acid groups (broad SMARTS) is 1. The van der Waals surface area contributed by atoms with Gasteiger partial charge in [0.15, 0.2) is 0 Å². The van der Waals surface area contributed by atoms with E-state index in [-0.39, 0.29) is 18.5 Å². The molecule has 2 heterocycles. The van der Waals surface area contributed by atoms with E-state index < -0.39 is 11.9 Å². The number of rotatable bonds is 6. The lowest BCUT2D eigenvalue weighted by Gasteiger charge is -2.34. The standard InChI is InChI=1S/C20H26N4O3/c1-15-11-17(19(25)26)14-24(13-15)20(27)22-12-18-21-8-10-23(18)9-7-16-5-3-2-4-6-16/h2-6,8,10,15,17H,7,9,11-14H2,1H3,(H,22,27)(H,25,26). The summed E-state index contributed by atoms with van der Waals surface area (Å²) in [6.45, 7) is 3.93. The van der Waals surface area contributed by atoms with Crippen LogP contribution in [0.2, 0.25) is 0 Å². The molecule has 3 rings (SSSR count). The topological polar surface area (TPSA) is 87.5 Å². The number of aliphatic carboxylic acids is 1. The Balaban J connectivity index is 1.53. The molecular formula is C20H26N4O3. The molecule has 7 heteroatoms. The van der Waals surface area contributed by atoms with Gasteiger partial charge >= 0.3 is 12.0 Å². The molecule has 0 aliphatic carbocycles. The molecule has 0 radical (unpaired) electrons. The van der Waals surface area contributed by atoms with Gasteiger partial charge in [0.1, 0.15) is 5.82 Å². The highest BCUT2D eigenvalue weighted by Crippen LogP contribution is 2.21. The van der Waals surface area contributed by atoms with E-state index in [1.165, 1.54) is 5.56 Å². The van der Waals surface area contributed by atoms with Crippen LogP contribution in [0.25, 0.3) is 0 Å². The van der Waals surface area contributed by atoms with Gasteiger partial charge in [-0.15, -0.1) is 0 Å². The number of nitrogens with one attached hydrogen (secondary N) is 1. The minimum atomic E-state index is -0.837. The lowest BCUT2D eigenvalue weighted by atomic mass is 9.91. The van der Waals surface area contributed by atoms with Crippen LogP contribution in [0.1, 0.15) is 24.7 Å². The van der Waals surface area contributed by atoms with E-state index >= 15 is 0 Å². The second-order valence-electron chi connectivity index (χ2n) is 7.21. The molecule has 1 aromatic carbocycles. The van der Waals surface area contributed by atoms with Crippen LogP contribution in [-0.4, -0.2) is 44.6 Å². The maximum Gasteiger partial charge on any atom is 0.317 e. The number of carbonyl (C=O) groups is 2. The van der Waals surface area contributed by atoms with E-state index in [2.05, 4.69) is 22.4 Å². The van der Waals surface area contributed by atoms with Crippen LogP contribution < -0.4 is 5.32 Å². The minimum Gasteiger partial charge on any atom is -0.481 e. The normalized spacial score (nSPS) is 19.7. The molecule has 2 aromatic rings. The summed E-state index contributed by atoms with van der Waals surface area (Å²) >= 11 is 0. The van der Waals surface area contributed by atoms with Crippen LogP contribution in [-0.2, 0) is 24.3 Å². The third kappa shape index (κ3) is 5.09. The van der Waals surface area contributed by atoms with E-state index in [0.717, 1.165) is 18.8 Å². The molecule has 2 amide bonds. The predicted molar refractivity (Wildman–Crippen MR) is 101 cm³/mol. The molecular weight excluding hydrogens is 344 g/mol. The van der Waals surface area contributed by atoms with Crippen molar-refractivity contribution in [1.82, 2.24) is 19.8 Å². The summed E-state index contributed by atoms with van der Waals surface area (Å²) in [5, 5.41) is 12.1. The molecule has 27 heavy (non-hydrogen) atoms. The highest BCUT2D eigenvalue weighted by atomic mass is 16.4. The monoisotopic (exact) mass is 370 g/mol. The molecule has 1 saturated heterocycles. The van der Waals surface area contributed by atoms with Crippen molar-refractivity contribution in [3.8, 4) is 0 Å². The number of amides is 2. The summed E-state index contributed by atoms with van der Waals surface area (Å²) in [7, 11) is 0. The molecule has 144 valence electrons. The zero-order valence-corrected chi connectivity index (χ0v) is 15.5. The van der Waals surface area contributed by atoms with Gasteiger partial charge in [-0.05, 0) is 24.3 Å².